The van der Waals surface area contributed by atoms with Crippen molar-refractivity contribution >= 4 is 17.5 Å². The zero-order valence-electron chi connectivity index (χ0n) is 8.47. The zero-order valence-corrected chi connectivity index (χ0v) is 8.47. The van der Waals surface area contributed by atoms with Crippen LogP contribution in [0.4, 0.5) is 16.2 Å². The van der Waals surface area contributed by atoms with Crippen molar-refractivity contribution in [1.82, 2.24) is 10.4 Å². The molecule has 0 spiro atoms. The summed E-state index contributed by atoms with van der Waals surface area (Å²) in [5.41, 5.74) is 4.42. The van der Waals surface area contributed by atoms with Gasteiger partial charge in [0.05, 0.1) is 11.5 Å². The van der Waals surface area contributed by atoms with Gasteiger partial charge < -0.3 is 4.74 Å². The number of hydrazine groups is 1. The molecule has 0 saturated carbocycles. The van der Waals surface area contributed by atoms with Crippen molar-refractivity contribution < 1.29 is 14.5 Å². The van der Waals surface area contributed by atoms with E-state index in [1.54, 1.807) is 6.92 Å². The summed E-state index contributed by atoms with van der Waals surface area (Å²) in [6.45, 7) is 1.86. The van der Waals surface area contributed by atoms with E-state index in [1.165, 1.54) is 12.3 Å². The molecule has 8 heteroatoms. The number of hydrogen-bond acceptors (Lipinski definition) is 6. The van der Waals surface area contributed by atoms with Gasteiger partial charge in [0.2, 0.25) is 0 Å². The summed E-state index contributed by atoms with van der Waals surface area (Å²) in [4.78, 5) is 24.5. The average Bonchev–Trinajstić information content (AvgIpc) is 2.27. The van der Waals surface area contributed by atoms with Crippen LogP contribution in [0.1, 0.15) is 6.92 Å². The predicted octanol–water partition coefficient (Wildman–Crippen LogP) is 1.06. The van der Waals surface area contributed by atoms with Crippen molar-refractivity contribution in [3.8, 4) is 0 Å². The molecule has 0 aliphatic carbocycles. The second kappa shape index (κ2) is 5.49. The molecule has 1 aromatic heterocycles. The molecule has 16 heavy (non-hydrogen) atoms. The summed E-state index contributed by atoms with van der Waals surface area (Å²) in [7, 11) is 0. The Morgan fingerprint density at radius 2 is 2.44 bits per heavy atom. The standard InChI is InChI=1S/C8H10N4O4/c1-2-16-8(13)11-10-6-3-4-9-5-7(6)12(14)15/h3-5H,2H2,1H3,(H,9,10)(H,11,13). The molecule has 1 aromatic rings. The SMILES string of the molecule is CCOC(=O)NNc1ccncc1[N+](=O)[O-]. The summed E-state index contributed by atoms with van der Waals surface area (Å²) in [5, 5.41) is 10.6. The van der Waals surface area contributed by atoms with Crippen LogP contribution >= 0.6 is 0 Å². The number of rotatable bonds is 4. The van der Waals surface area contributed by atoms with E-state index in [-0.39, 0.29) is 18.0 Å². The molecule has 1 heterocycles. The Hall–Kier alpha value is -2.38. The van der Waals surface area contributed by atoms with Crippen molar-refractivity contribution in [2.75, 3.05) is 12.0 Å². The first-order valence-corrected chi connectivity index (χ1v) is 4.42. The first-order chi connectivity index (χ1) is 7.65. The Labute approximate surface area is 90.7 Å². The lowest BCUT2D eigenvalue weighted by molar-refractivity contribution is -0.384. The van der Waals surface area contributed by atoms with Gasteiger partial charge in [-0.3, -0.25) is 20.5 Å². The topological polar surface area (TPSA) is 106 Å². The summed E-state index contributed by atoms with van der Waals surface area (Å²) in [6.07, 6.45) is 1.73. The van der Waals surface area contributed by atoms with Gasteiger partial charge in [-0.2, -0.15) is 0 Å². The molecule has 0 aromatic carbocycles. The maximum absolute atomic E-state index is 10.9. The van der Waals surface area contributed by atoms with Crippen LogP contribution in [0.15, 0.2) is 18.5 Å². The summed E-state index contributed by atoms with van der Waals surface area (Å²) < 4.78 is 4.57. The van der Waals surface area contributed by atoms with Gasteiger partial charge >= 0.3 is 11.8 Å². The van der Waals surface area contributed by atoms with Crippen LogP contribution in [0.5, 0.6) is 0 Å². The lowest BCUT2D eigenvalue weighted by Gasteiger charge is -2.07. The molecule has 1 rings (SSSR count). The fraction of sp³-hybridized carbons (Fsp3) is 0.250. The Kier molecular flexibility index (Phi) is 4.01. The van der Waals surface area contributed by atoms with Gasteiger partial charge in [-0.05, 0) is 13.0 Å². The number of aromatic nitrogens is 1. The number of anilines is 1. The largest absolute Gasteiger partial charge is 0.449 e. The van der Waals surface area contributed by atoms with E-state index in [9.17, 15) is 14.9 Å². The molecule has 8 nitrogen and oxygen atoms in total. The fourth-order valence-corrected chi connectivity index (χ4v) is 0.923. The van der Waals surface area contributed by atoms with Gasteiger partial charge in [0.1, 0.15) is 11.9 Å². The monoisotopic (exact) mass is 226 g/mol. The summed E-state index contributed by atoms with van der Waals surface area (Å²) in [5.74, 6) is 0. The molecule has 0 fully saturated rings. The highest BCUT2D eigenvalue weighted by molar-refractivity contribution is 5.71. The number of nitro groups is 1. The number of carbonyl (C=O) groups excluding carboxylic acids is 1. The normalized spacial score (nSPS) is 9.31. The summed E-state index contributed by atoms with van der Waals surface area (Å²) >= 11 is 0. The Bertz CT molecular complexity index is 395. The van der Waals surface area contributed by atoms with E-state index in [4.69, 9.17) is 0 Å². The highest BCUT2D eigenvalue weighted by Crippen LogP contribution is 2.20. The van der Waals surface area contributed by atoms with Gasteiger partial charge in [0.15, 0.2) is 0 Å². The third kappa shape index (κ3) is 3.08. The van der Waals surface area contributed by atoms with Crippen LogP contribution < -0.4 is 10.9 Å². The van der Waals surface area contributed by atoms with Gasteiger partial charge in [-0.15, -0.1) is 0 Å². The zero-order chi connectivity index (χ0) is 12.0. The van der Waals surface area contributed by atoms with Crippen molar-refractivity contribution in [3.63, 3.8) is 0 Å². The Morgan fingerprint density at radius 3 is 3.06 bits per heavy atom. The number of hydrogen-bond donors (Lipinski definition) is 2. The van der Waals surface area contributed by atoms with E-state index in [2.05, 4.69) is 20.6 Å². The highest BCUT2D eigenvalue weighted by atomic mass is 16.6. The van der Waals surface area contributed by atoms with Crippen LogP contribution in [0.3, 0.4) is 0 Å². The average molecular weight is 226 g/mol. The molecule has 0 bridgehead atoms. The van der Waals surface area contributed by atoms with E-state index >= 15 is 0 Å². The minimum absolute atomic E-state index is 0.132. The third-order valence-corrected chi connectivity index (χ3v) is 1.57. The maximum atomic E-state index is 10.9. The molecular formula is C8H10N4O4. The molecule has 0 radical (unpaired) electrons. The second-order valence-corrected chi connectivity index (χ2v) is 2.62. The first-order valence-electron chi connectivity index (χ1n) is 4.42. The van der Waals surface area contributed by atoms with Gasteiger partial charge in [0.25, 0.3) is 0 Å². The maximum Gasteiger partial charge on any atom is 0.425 e. The van der Waals surface area contributed by atoms with Gasteiger partial charge in [-0.1, -0.05) is 0 Å². The van der Waals surface area contributed by atoms with Crippen LogP contribution in [-0.4, -0.2) is 22.6 Å². The molecule has 0 aliphatic heterocycles. The molecule has 0 aliphatic rings. The molecule has 86 valence electrons. The van der Waals surface area contributed by atoms with Crippen LogP contribution in [0, 0.1) is 10.1 Å². The minimum atomic E-state index is -0.714. The van der Waals surface area contributed by atoms with Crippen molar-refractivity contribution in [1.29, 1.82) is 0 Å². The second-order valence-electron chi connectivity index (χ2n) is 2.62. The van der Waals surface area contributed by atoms with Crippen LogP contribution in [-0.2, 0) is 4.74 Å². The predicted molar refractivity (Wildman–Crippen MR) is 54.7 cm³/mol. The van der Waals surface area contributed by atoms with Crippen molar-refractivity contribution in [2.24, 2.45) is 0 Å². The van der Waals surface area contributed by atoms with E-state index in [0.717, 1.165) is 6.20 Å². The van der Waals surface area contributed by atoms with Crippen molar-refractivity contribution in [3.05, 3.63) is 28.6 Å². The van der Waals surface area contributed by atoms with Gasteiger partial charge in [0, 0.05) is 6.20 Å². The molecular weight excluding hydrogens is 216 g/mol. The molecule has 0 unspecified atom stereocenters. The highest BCUT2D eigenvalue weighted by Gasteiger charge is 2.13. The van der Waals surface area contributed by atoms with Crippen LogP contribution in [0.2, 0.25) is 0 Å². The number of pyridine rings is 1. The smallest absolute Gasteiger partial charge is 0.425 e. The number of nitrogens with zero attached hydrogens (tertiary/aromatic N) is 2. The number of amides is 1. The first kappa shape index (κ1) is 11.7. The van der Waals surface area contributed by atoms with E-state index in [1.807, 2.05) is 0 Å². The van der Waals surface area contributed by atoms with Gasteiger partial charge in [-0.25, -0.2) is 10.2 Å². The summed E-state index contributed by atoms with van der Waals surface area (Å²) in [6, 6.07) is 1.37. The minimum Gasteiger partial charge on any atom is -0.449 e. The van der Waals surface area contributed by atoms with E-state index < -0.39 is 11.0 Å². The quantitative estimate of drug-likeness (QED) is 0.587. The Morgan fingerprint density at radius 1 is 1.69 bits per heavy atom. The number of ether oxygens (including phenoxy) is 1. The molecule has 0 atom stereocenters. The molecule has 1 amide bonds. The number of nitrogens with one attached hydrogen (secondary N) is 2. The molecule has 2 N–H and O–H groups in total. The van der Waals surface area contributed by atoms with Crippen LogP contribution in [0.25, 0.3) is 0 Å². The lowest BCUT2D eigenvalue weighted by Crippen LogP contribution is -2.30. The number of carbonyl (C=O) groups is 1. The lowest BCUT2D eigenvalue weighted by atomic mass is 10.4. The Balaban J connectivity index is 2.66. The van der Waals surface area contributed by atoms with Crippen molar-refractivity contribution in [2.45, 2.75) is 6.92 Å². The fourth-order valence-electron chi connectivity index (χ4n) is 0.923. The molecule has 0 saturated heterocycles. The third-order valence-electron chi connectivity index (χ3n) is 1.57. The van der Waals surface area contributed by atoms with E-state index in [0.29, 0.717) is 0 Å².